The van der Waals surface area contributed by atoms with Gasteiger partial charge in [-0.05, 0) is 25.2 Å². The lowest BCUT2D eigenvalue weighted by molar-refractivity contribution is -0.142. The second-order valence-electron chi connectivity index (χ2n) is 6.68. The lowest BCUT2D eigenvalue weighted by atomic mass is 9.99. The molecule has 6 heteroatoms. The number of rotatable bonds is 5. The van der Waals surface area contributed by atoms with Crippen LogP contribution in [0.1, 0.15) is 43.2 Å². The van der Waals surface area contributed by atoms with Crippen molar-refractivity contribution in [3.8, 4) is 0 Å². The topological polar surface area (TPSA) is 75.4 Å². The predicted octanol–water partition coefficient (Wildman–Crippen LogP) is 2.03. The van der Waals surface area contributed by atoms with Crippen molar-refractivity contribution in [3.05, 3.63) is 17.5 Å². The molecule has 1 fully saturated rings. The van der Waals surface area contributed by atoms with E-state index >= 15 is 0 Å². The molecule has 1 aliphatic heterocycles. The molecular weight excluding hydrogens is 282 g/mol. The SMILES string of the molecule is Cc1c(C(=O)N2C[C@@H](C)[C@H](C(=O)O)C2)cnn1CCC(C)C. The number of amides is 1. The van der Waals surface area contributed by atoms with E-state index in [0.717, 1.165) is 18.7 Å². The Balaban J connectivity index is 2.09. The summed E-state index contributed by atoms with van der Waals surface area (Å²) in [5, 5.41) is 13.5. The Morgan fingerprint density at radius 3 is 2.64 bits per heavy atom. The normalized spacial score (nSPS) is 21.6. The number of hydrogen-bond donors (Lipinski definition) is 1. The smallest absolute Gasteiger partial charge is 0.308 e. The average molecular weight is 307 g/mol. The van der Waals surface area contributed by atoms with Crippen molar-refractivity contribution < 1.29 is 14.7 Å². The van der Waals surface area contributed by atoms with Crippen LogP contribution >= 0.6 is 0 Å². The number of likely N-dealkylation sites (tertiary alicyclic amines) is 1. The van der Waals surface area contributed by atoms with Gasteiger partial charge < -0.3 is 10.0 Å². The van der Waals surface area contributed by atoms with Gasteiger partial charge in [-0.1, -0.05) is 20.8 Å². The highest BCUT2D eigenvalue weighted by Crippen LogP contribution is 2.25. The van der Waals surface area contributed by atoms with Gasteiger partial charge in [-0.2, -0.15) is 5.10 Å². The second-order valence-corrected chi connectivity index (χ2v) is 6.68. The minimum absolute atomic E-state index is 0.0160. The highest BCUT2D eigenvalue weighted by atomic mass is 16.4. The third kappa shape index (κ3) is 3.31. The number of aryl methyl sites for hydroxylation is 1. The van der Waals surface area contributed by atoms with Crippen LogP contribution in [-0.4, -0.2) is 44.8 Å². The molecular formula is C16H25N3O3. The van der Waals surface area contributed by atoms with Gasteiger partial charge in [0.05, 0.1) is 17.7 Å². The van der Waals surface area contributed by atoms with Gasteiger partial charge in [0.25, 0.3) is 5.91 Å². The zero-order valence-corrected chi connectivity index (χ0v) is 13.7. The summed E-state index contributed by atoms with van der Waals surface area (Å²) in [6.45, 7) is 9.66. The van der Waals surface area contributed by atoms with Crippen LogP contribution in [0.15, 0.2) is 6.20 Å². The van der Waals surface area contributed by atoms with Crippen molar-refractivity contribution in [1.82, 2.24) is 14.7 Å². The van der Waals surface area contributed by atoms with E-state index in [1.54, 1.807) is 11.1 Å². The number of carbonyl (C=O) groups is 2. The summed E-state index contributed by atoms with van der Waals surface area (Å²) >= 11 is 0. The van der Waals surface area contributed by atoms with Gasteiger partial charge in [-0.3, -0.25) is 14.3 Å². The molecule has 1 N–H and O–H groups in total. The lowest BCUT2D eigenvalue weighted by Crippen LogP contribution is -2.30. The molecule has 2 atom stereocenters. The number of carbonyl (C=O) groups excluding carboxylic acids is 1. The Hall–Kier alpha value is -1.85. The summed E-state index contributed by atoms with van der Waals surface area (Å²) in [4.78, 5) is 25.4. The molecule has 1 aliphatic rings. The Morgan fingerprint density at radius 2 is 2.09 bits per heavy atom. The number of aromatic nitrogens is 2. The Bertz CT molecular complexity index is 565. The van der Waals surface area contributed by atoms with Gasteiger partial charge in [0.1, 0.15) is 0 Å². The first-order valence-electron chi connectivity index (χ1n) is 7.85. The largest absolute Gasteiger partial charge is 0.481 e. The van der Waals surface area contributed by atoms with Crippen LogP contribution in [0.2, 0.25) is 0 Å². The van der Waals surface area contributed by atoms with Crippen LogP contribution in [0.25, 0.3) is 0 Å². The first kappa shape index (κ1) is 16.5. The quantitative estimate of drug-likeness (QED) is 0.903. The van der Waals surface area contributed by atoms with Crippen molar-refractivity contribution in [3.63, 3.8) is 0 Å². The molecule has 1 saturated heterocycles. The fraction of sp³-hybridized carbons (Fsp3) is 0.688. The second kappa shape index (κ2) is 6.50. The van der Waals surface area contributed by atoms with E-state index in [2.05, 4.69) is 18.9 Å². The monoisotopic (exact) mass is 307 g/mol. The van der Waals surface area contributed by atoms with Gasteiger partial charge in [-0.25, -0.2) is 0 Å². The molecule has 2 rings (SSSR count). The van der Waals surface area contributed by atoms with E-state index in [9.17, 15) is 14.7 Å². The van der Waals surface area contributed by atoms with Gasteiger partial charge >= 0.3 is 5.97 Å². The van der Waals surface area contributed by atoms with Crippen LogP contribution in [0.5, 0.6) is 0 Å². The van der Waals surface area contributed by atoms with E-state index in [1.165, 1.54) is 0 Å². The maximum Gasteiger partial charge on any atom is 0.308 e. The lowest BCUT2D eigenvalue weighted by Gasteiger charge is -2.15. The molecule has 1 aromatic rings. The molecule has 1 aromatic heterocycles. The molecule has 122 valence electrons. The van der Waals surface area contributed by atoms with E-state index in [-0.39, 0.29) is 18.4 Å². The van der Waals surface area contributed by atoms with Crippen LogP contribution in [0, 0.1) is 24.7 Å². The highest BCUT2D eigenvalue weighted by Gasteiger charge is 2.37. The van der Waals surface area contributed by atoms with Crippen molar-refractivity contribution in [2.45, 2.75) is 40.7 Å². The molecule has 0 saturated carbocycles. The molecule has 0 aromatic carbocycles. The summed E-state index contributed by atoms with van der Waals surface area (Å²) in [7, 11) is 0. The molecule has 0 spiro atoms. The number of carboxylic acid groups (broad SMARTS) is 1. The average Bonchev–Trinajstić information content (AvgIpc) is 2.99. The molecule has 1 amide bonds. The van der Waals surface area contributed by atoms with E-state index in [1.807, 2.05) is 18.5 Å². The van der Waals surface area contributed by atoms with Gasteiger partial charge in [0.2, 0.25) is 0 Å². The molecule has 0 bridgehead atoms. The fourth-order valence-electron chi connectivity index (χ4n) is 2.89. The zero-order valence-electron chi connectivity index (χ0n) is 13.7. The first-order chi connectivity index (χ1) is 10.3. The van der Waals surface area contributed by atoms with Gasteiger partial charge in [-0.15, -0.1) is 0 Å². The maximum atomic E-state index is 12.6. The predicted molar refractivity (Wildman–Crippen MR) is 82.6 cm³/mol. The van der Waals surface area contributed by atoms with Crippen molar-refractivity contribution >= 4 is 11.9 Å². The van der Waals surface area contributed by atoms with Crippen LogP contribution in [-0.2, 0) is 11.3 Å². The van der Waals surface area contributed by atoms with Crippen molar-refractivity contribution in [2.24, 2.45) is 17.8 Å². The summed E-state index contributed by atoms with van der Waals surface area (Å²) in [5.74, 6) is -0.840. The van der Waals surface area contributed by atoms with E-state index in [0.29, 0.717) is 18.0 Å². The number of hydrogen-bond acceptors (Lipinski definition) is 3. The standard InChI is InChI=1S/C16H25N3O3/c1-10(2)5-6-19-12(4)13(7-17-19)15(20)18-8-11(3)14(9-18)16(21)22/h7,10-11,14H,5-6,8-9H2,1-4H3,(H,21,22)/t11-,14-/m1/s1. The molecule has 6 nitrogen and oxygen atoms in total. The van der Waals surface area contributed by atoms with Crippen LogP contribution in [0.3, 0.4) is 0 Å². The summed E-state index contributed by atoms with van der Waals surface area (Å²) in [6.07, 6.45) is 2.62. The minimum Gasteiger partial charge on any atom is -0.481 e. The molecule has 0 unspecified atom stereocenters. The van der Waals surface area contributed by atoms with E-state index in [4.69, 9.17) is 0 Å². The highest BCUT2D eigenvalue weighted by molar-refractivity contribution is 5.95. The summed E-state index contributed by atoms with van der Waals surface area (Å²) in [5.41, 5.74) is 1.44. The van der Waals surface area contributed by atoms with Crippen LogP contribution < -0.4 is 0 Å². The molecule has 22 heavy (non-hydrogen) atoms. The summed E-state index contributed by atoms with van der Waals surface area (Å²) in [6, 6.07) is 0. The van der Waals surface area contributed by atoms with Crippen molar-refractivity contribution in [1.29, 1.82) is 0 Å². The van der Waals surface area contributed by atoms with E-state index < -0.39 is 11.9 Å². The van der Waals surface area contributed by atoms with Crippen molar-refractivity contribution in [2.75, 3.05) is 13.1 Å². The molecule has 0 radical (unpaired) electrons. The third-order valence-corrected chi connectivity index (χ3v) is 4.47. The van der Waals surface area contributed by atoms with Gasteiger partial charge in [0, 0.05) is 25.3 Å². The molecule has 2 heterocycles. The fourth-order valence-corrected chi connectivity index (χ4v) is 2.89. The Kier molecular flexibility index (Phi) is 4.88. The number of aliphatic carboxylic acids is 1. The Labute approximate surface area is 131 Å². The Morgan fingerprint density at radius 1 is 1.41 bits per heavy atom. The van der Waals surface area contributed by atoms with Crippen LogP contribution in [0.4, 0.5) is 0 Å². The van der Waals surface area contributed by atoms with Gasteiger partial charge in [0.15, 0.2) is 0 Å². The minimum atomic E-state index is -0.827. The number of nitrogens with zero attached hydrogens (tertiary/aromatic N) is 3. The maximum absolute atomic E-state index is 12.6. The molecule has 0 aliphatic carbocycles. The third-order valence-electron chi connectivity index (χ3n) is 4.47. The number of carboxylic acids is 1. The zero-order chi connectivity index (χ0) is 16.4. The first-order valence-corrected chi connectivity index (χ1v) is 7.85. The summed E-state index contributed by atoms with van der Waals surface area (Å²) < 4.78 is 1.86.